The molecule has 4 rings (SSSR count). The Labute approximate surface area is 167 Å². The summed E-state index contributed by atoms with van der Waals surface area (Å²) >= 11 is 1.26. The van der Waals surface area contributed by atoms with Gasteiger partial charge in [-0.1, -0.05) is 11.3 Å². The highest BCUT2D eigenvalue weighted by molar-refractivity contribution is 7.89. The second kappa shape index (κ2) is 7.26. The van der Waals surface area contributed by atoms with Crippen LogP contribution in [-0.2, 0) is 16.6 Å². The van der Waals surface area contributed by atoms with Gasteiger partial charge in [0.1, 0.15) is 5.69 Å². The summed E-state index contributed by atoms with van der Waals surface area (Å²) in [6.45, 7) is 5.48. The van der Waals surface area contributed by atoms with E-state index in [0.29, 0.717) is 36.0 Å². The molecule has 1 N–H and O–H groups in total. The highest BCUT2D eigenvalue weighted by atomic mass is 32.2. The molecule has 0 saturated carbocycles. The number of sulfonamides is 1. The van der Waals surface area contributed by atoms with Crippen LogP contribution in [0.4, 0.5) is 5.13 Å². The standard InChI is InChI=1S/C18H21N5O3S2/c1-3-23-15(10-12(2)21-23)17(24)20-18-19-14-7-6-13(11-16(14)27-18)28(25,26)22-8-4-5-9-22/h6-7,10-11H,3-5,8-9H2,1-2H3,(H,19,20,24). The molecule has 3 heterocycles. The van der Waals surface area contributed by atoms with Crippen LogP contribution in [0.15, 0.2) is 29.2 Å². The van der Waals surface area contributed by atoms with E-state index in [1.807, 2.05) is 13.8 Å². The van der Waals surface area contributed by atoms with Gasteiger partial charge < -0.3 is 0 Å². The normalized spacial score (nSPS) is 15.4. The molecule has 148 valence electrons. The number of nitrogens with zero attached hydrogens (tertiary/aromatic N) is 4. The second-order valence-corrected chi connectivity index (χ2v) is 9.67. The van der Waals surface area contributed by atoms with Crippen molar-refractivity contribution < 1.29 is 13.2 Å². The van der Waals surface area contributed by atoms with E-state index in [4.69, 9.17) is 0 Å². The zero-order valence-electron chi connectivity index (χ0n) is 15.7. The van der Waals surface area contributed by atoms with Crippen LogP contribution >= 0.6 is 11.3 Å². The molecule has 1 fully saturated rings. The van der Waals surface area contributed by atoms with Gasteiger partial charge in [0.2, 0.25) is 10.0 Å². The minimum atomic E-state index is -3.48. The molecule has 10 heteroatoms. The Bertz CT molecular complexity index is 1140. The Morgan fingerprint density at radius 2 is 2.00 bits per heavy atom. The first-order chi connectivity index (χ1) is 13.4. The first-order valence-corrected chi connectivity index (χ1v) is 11.4. The monoisotopic (exact) mass is 419 g/mol. The smallest absolute Gasteiger partial charge is 0.275 e. The molecule has 1 aromatic carbocycles. The average molecular weight is 420 g/mol. The van der Waals surface area contributed by atoms with Gasteiger partial charge in [-0.05, 0) is 51.0 Å². The van der Waals surface area contributed by atoms with Gasteiger partial charge in [0.15, 0.2) is 5.13 Å². The topological polar surface area (TPSA) is 97.2 Å². The van der Waals surface area contributed by atoms with E-state index in [0.717, 1.165) is 23.2 Å². The van der Waals surface area contributed by atoms with Crippen molar-refractivity contribution in [2.45, 2.75) is 38.1 Å². The van der Waals surface area contributed by atoms with E-state index in [1.54, 1.807) is 28.9 Å². The molecule has 28 heavy (non-hydrogen) atoms. The quantitative estimate of drug-likeness (QED) is 0.686. The Kier molecular flexibility index (Phi) is 4.94. The molecule has 2 aromatic heterocycles. The zero-order valence-corrected chi connectivity index (χ0v) is 17.3. The second-order valence-electron chi connectivity index (χ2n) is 6.70. The summed E-state index contributed by atoms with van der Waals surface area (Å²) in [5.74, 6) is -0.286. The van der Waals surface area contributed by atoms with Gasteiger partial charge in [-0.25, -0.2) is 13.4 Å². The third-order valence-electron chi connectivity index (χ3n) is 4.72. The lowest BCUT2D eigenvalue weighted by Gasteiger charge is -2.15. The third-order valence-corrected chi connectivity index (χ3v) is 7.55. The summed E-state index contributed by atoms with van der Waals surface area (Å²) in [6.07, 6.45) is 1.79. The summed E-state index contributed by atoms with van der Waals surface area (Å²) in [4.78, 5) is 17.3. The number of aromatic nitrogens is 3. The number of carbonyl (C=O) groups is 1. The predicted octanol–water partition coefficient (Wildman–Crippen LogP) is 2.86. The number of amides is 1. The predicted molar refractivity (Wildman–Crippen MR) is 108 cm³/mol. The number of aryl methyl sites for hydroxylation is 2. The number of carbonyl (C=O) groups excluding carboxylic acids is 1. The largest absolute Gasteiger partial charge is 0.296 e. The summed E-state index contributed by atoms with van der Waals surface area (Å²) < 4.78 is 29.4. The van der Waals surface area contributed by atoms with Crippen molar-refractivity contribution in [2.75, 3.05) is 18.4 Å². The fraction of sp³-hybridized carbons (Fsp3) is 0.389. The molecule has 0 aliphatic carbocycles. The van der Waals surface area contributed by atoms with Gasteiger partial charge in [-0.3, -0.25) is 14.8 Å². The van der Waals surface area contributed by atoms with Crippen molar-refractivity contribution in [2.24, 2.45) is 0 Å². The van der Waals surface area contributed by atoms with Gasteiger partial charge in [0.05, 0.1) is 20.8 Å². The molecule has 0 bridgehead atoms. The van der Waals surface area contributed by atoms with Crippen LogP contribution in [0.2, 0.25) is 0 Å². The molecule has 0 spiro atoms. The summed E-state index contributed by atoms with van der Waals surface area (Å²) in [6, 6.07) is 6.63. The van der Waals surface area contributed by atoms with Gasteiger partial charge in [0.25, 0.3) is 5.91 Å². The SMILES string of the molecule is CCn1nc(C)cc1C(=O)Nc1nc2ccc(S(=O)(=O)N3CCCC3)cc2s1. The highest BCUT2D eigenvalue weighted by Gasteiger charge is 2.27. The molecule has 3 aromatic rings. The van der Waals surface area contributed by atoms with E-state index < -0.39 is 10.0 Å². The lowest BCUT2D eigenvalue weighted by atomic mass is 10.3. The van der Waals surface area contributed by atoms with Crippen molar-refractivity contribution in [1.29, 1.82) is 0 Å². The summed E-state index contributed by atoms with van der Waals surface area (Å²) in [5.41, 5.74) is 1.89. The van der Waals surface area contributed by atoms with E-state index >= 15 is 0 Å². The Balaban J connectivity index is 1.60. The number of rotatable bonds is 5. The van der Waals surface area contributed by atoms with Crippen LogP contribution in [0.25, 0.3) is 10.2 Å². The first kappa shape index (κ1) is 19.0. The maximum atomic E-state index is 12.8. The molecule has 0 radical (unpaired) electrons. The first-order valence-electron chi connectivity index (χ1n) is 9.15. The maximum Gasteiger partial charge on any atom is 0.275 e. The van der Waals surface area contributed by atoms with Crippen LogP contribution in [0.3, 0.4) is 0 Å². The third kappa shape index (κ3) is 3.43. The molecular weight excluding hydrogens is 398 g/mol. The molecule has 1 aliphatic heterocycles. The number of fused-ring (bicyclic) bond motifs is 1. The van der Waals surface area contributed by atoms with Crippen molar-refractivity contribution in [3.8, 4) is 0 Å². The number of hydrogen-bond acceptors (Lipinski definition) is 6. The Morgan fingerprint density at radius 3 is 2.71 bits per heavy atom. The average Bonchev–Trinajstić information content (AvgIpc) is 3.39. The van der Waals surface area contributed by atoms with E-state index in [1.165, 1.54) is 15.6 Å². The van der Waals surface area contributed by atoms with E-state index in [2.05, 4.69) is 15.4 Å². The molecule has 0 unspecified atom stereocenters. The Morgan fingerprint density at radius 1 is 1.25 bits per heavy atom. The molecular formula is C18H21N5O3S2. The van der Waals surface area contributed by atoms with Crippen molar-refractivity contribution >= 4 is 42.6 Å². The minimum Gasteiger partial charge on any atom is -0.296 e. The number of benzene rings is 1. The van der Waals surface area contributed by atoms with Crippen LogP contribution in [0, 0.1) is 6.92 Å². The lowest BCUT2D eigenvalue weighted by Crippen LogP contribution is -2.27. The molecule has 1 amide bonds. The maximum absolute atomic E-state index is 12.8. The van der Waals surface area contributed by atoms with Gasteiger partial charge >= 0.3 is 0 Å². The van der Waals surface area contributed by atoms with Crippen LogP contribution in [0.5, 0.6) is 0 Å². The lowest BCUT2D eigenvalue weighted by molar-refractivity contribution is 0.101. The number of thiazole rings is 1. The van der Waals surface area contributed by atoms with Gasteiger partial charge in [-0.2, -0.15) is 9.40 Å². The van der Waals surface area contributed by atoms with Crippen molar-refractivity contribution in [3.05, 3.63) is 35.7 Å². The summed E-state index contributed by atoms with van der Waals surface area (Å²) in [7, 11) is -3.48. The van der Waals surface area contributed by atoms with Gasteiger partial charge in [0, 0.05) is 19.6 Å². The molecule has 1 saturated heterocycles. The zero-order chi connectivity index (χ0) is 19.9. The molecule has 0 atom stereocenters. The fourth-order valence-electron chi connectivity index (χ4n) is 3.33. The van der Waals surface area contributed by atoms with E-state index in [9.17, 15) is 13.2 Å². The molecule has 8 nitrogen and oxygen atoms in total. The van der Waals surface area contributed by atoms with Crippen molar-refractivity contribution in [1.82, 2.24) is 19.1 Å². The summed E-state index contributed by atoms with van der Waals surface area (Å²) in [5, 5.41) is 7.50. The Hall–Kier alpha value is -2.30. The fourth-order valence-corrected chi connectivity index (χ4v) is 5.85. The van der Waals surface area contributed by atoms with E-state index in [-0.39, 0.29) is 10.8 Å². The highest BCUT2D eigenvalue weighted by Crippen LogP contribution is 2.30. The number of hydrogen-bond donors (Lipinski definition) is 1. The molecule has 1 aliphatic rings. The van der Waals surface area contributed by atoms with Crippen LogP contribution in [-0.4, -0.2) is 46.5 Å². The number of nitrogens with one attached hydrogen (secondary N) is 1. The van der Waals surface area contributed by atoms with Crippen molar-refractivity contribution in [3.63, 3.8) is 0 Å². The van der Waals surface area contributed by atoms with Crippen LogP contribution in [0.1, 0.15) is 35.9 Å². The minimum absolute atomic E-state index is 0.267. The van der Waals surface area contributed by atoms with Gasteiger partial charge in [-0.15, -0.1) is 0 Å². The number of anilines is 1. The van der Waals surface area contributed by atoms with Crippen LogP contribution < -0.4 is 5.32 Å².